The van der Waals surface area contributed by atoms with Gasteiger partial charge < -0.3 is 19.7 Å². The Morgan fingerprint density at radius 2 is 1.77 bits per heavy atom. The van der Waals surface area contributed by atoms with Crippen LogP contribution in [0.4, 0.5) is 0 Å². The maximum Gasteiger partial charge on any atom is 0.251 e. The van der Waals surface area contributed by atoms with Crippen LogP contribution in [0.2, 0.25) is 0 Å². The van der Waals surface area contributed by atoms with Crippen molar-refractivity contribution in [1.82, 2.24) is 10.2 Å². The van der Waals surface area contributed by atoms with Crippen molar-refractivity contribution in [2.24, 2.45) is 11.8 Å². The molecule has 1 amide bonds. The second-order valence-corrected chi connectivity index (χ2v) is 7.57. The fraction of sp³-hybridized carbons (Fsp3) is 0.667. The fourth-order valence-electron chi connectivity index (χ4n) is 3.87. The number of rotatable bonds is 8. The Hall–Kier alpha value is -1.75. The maximum absolute atomic E-state index is 12.6. The first-order valence-corrected chi connectivity index (χ1v) is 9.85. The van der Waals surface area contributed by atoms with Gasteiger partial charge >= 0.3 is 0 Å². The molecule has 0 bridgehead atoms. The highest BCUT2D eigenvalue weighted by Crippen LogP contribution is 2.28. The quantitative estimate of drug-likeness (QED) is 0.768. The molecule has 1 aromatic rings. The average molecular weight is 363 g/mol. The number of nitrogens with one attached hydrogen (secondary N) is 1. The highest BCUT2D eigenvalue weighted by Gasteiger charge is 2.23. The van der Waals surface area contributed by atoms with Crippen LogP contribution in [0.25, 0.3) is 0 Å². The molecule has 0 aromatic heterocycles. The van der Waals surface area contributed by atoms with Crippen molar-refractivity contribution in [1.29, 1.82) is 0 Å². The number of nitrogens with zero attached hydrogens (tertiary/aromatic N) is 1. The monoisotopic (exact) mass is 362 g/mol. The number of piperidine rings is 1. The number of ether oxygens (including phenoxy) is 2. The zero-order valence-electron chi connectivity index (χ0n) is 16.9. The van der Waals surface area contributed by atoms with Gasteiger partial charge in [0.05, 0.1) is 13.2 Å². The Kier molecular flexibility index (Phi) is 7.76. The van der Waals surface area contributed by atoms with Gasteiger partial charge in [-0.3, -0.25) is 4.79 Å². The summed E-state index contributed by atoms with van der Waals surface area (Å²) in [5, 5.41) is 3.12. The molecule has 1 saturated heterocycles. The van der Waals surface area contributed by atoms with Crippen molar-refractivity contribution in [2.45, 2.75) is 47.1 Å². The zero-order chi connectivity index (χ0) is 19.1. The van der Waals surface area contributed by atoms with Crippen LogP contribution in [0.5, 0.6) is 11.5 Å². The molecular formula is C21H34N2O3. The molecule has 1 N–H and O–H groups in total. The Morgan fingerprint density at radius 3 is 2.38 bits per heavy atom. The number of hydrogen-bond acceptors (Lipinski definition) is 4. The standard InChI is InChI=1S/C21H34N2O3/c1-6-25-19-9-8-18(11-20(19)26-7-2)21(24)22-17(5)14-23-12-15(3)10-16(4)13-23/h8-9,11,15-17H,6-7,10,12-14H2,1-5H3,(H,22,24). The van der Waals surface area contributed by atoms with Crippen LogP contribution in [0, 0.1) is 11.8 Å². The molecule has 5 heteroatoms. The van der Waals surface area contributed by atoms with Crippen molar-refractivity contribution in [3.63, 3.8) is 0 Å². The van der Waals surface area contributed by atoms with Gasteiger partial charge in [0.1, 0.15) is 0 Å². The Labute approximate surface area is 158 Å². The normalized spacial score (nSPS) is 21.9. The van der Waals surface area contributed by atoms with Crippen LogP contribution < -0.4 is 14.8 Å². The molecule has 3 atom stereocenters. The van der Waals surface area contributed by atoms with E-state index >= 15 is 0 Å². The molecule has 1 aromatic carbocycles. The Bertz CT molecular complexity index is 581. The number of likely N-dealkylation sites (tertiary alicyclic amines) is 1. The van der Waals surface area contributed by atoms with E-state index in [-0.39, 0.29) is 11.9 Å². The number of hydrogen-bond donors (Lipinski definition) is 1. The summed E-state index contributed by atoms with van der Waals surface area (Å²) in [5.74, 6) is 2.67. The molecule has 1 heterocycles. The van der Waals surface area contributed by atoms with E-state index in [1.54, 1.807) is 12.1 Å². The molecule has 5 nitrogen and oxygen atoms in total. The van der Waals surface area contributed by atoms with E-state index in [1.807, 2.05) is 19.9 Å². The minimum absolute atomic E-state index is 0.0698. The Morgan fingerprint density at radius 1 is 1.15 bits per heavy atom. The molecule has 26 heavy (non-hydrogen) atoms. The van der Waals surface area contributed by atoms with Gasteiger partial charge in [0.15, 0.2) is 11.5 Å². The summed E-state index contributed by atoms with van der Waals surface area (Å²) in [5.41, 5.74) is 0.601. The molecule has 0 saturated carbocycles. The van der Waals surface area contributed by atoms with Crippen LogP contribution in [-0.2, 0) is 0 Å². The van der Waals surface area contributed by atoms with E-state index in [9.17, 15) is 4.79 Å². The van der Waals surface area contributed by atoms with E-state index < -0.39 is 0 Å². The lowest BCUT2D eigenvalue weighted by molar-refractivity contribution is 0.0904. The highest BCUT2D eigenvalue weighted by molar-refractivity contribution is 5.95. The largest absolute Gasteiger partial charge is 0.490 e. The second-order valence-electron chi connectivity index (χ2n) is 7.57. The smallest absolute Gasteiger partial charge is 0.251 e. The van der Waals surface area contributed by atoms with Crippen molar-refractivity contribution < 1.29 is 14.3 Å². The van der Waals surface area contributed by atoms with Crippen molar-refractivity contribution in [3.05, 3.63) is 23.8 Å². The van der Waals surface area contributed by atoms with Crippen molar-refractivity contribution >= 4 is 5.91 Å². The average Bonchev–Trinajstić information content (AvgIpc) is 2.55. The van der Waals surface area contributed by atoms with Crippen LogP contribution >= 0.6 is 0 Å². The predicted octanol–water partition coefficient (Wildman–Crippen LogP) is 3.58. The molecule has 1 fully saturated rings. The molecule has 0 aliphatic carbocycles. The Balaban J connectivity index is 1.96. The van der Waals surface area contributed by atoms with Gasteiger partial charge in [-0.25, -0.2) is 0 Å². The van der Waals surface area contributed by atoms with E-state index in [4.69, 9.17) is 9.47 Å². The summed E-state index contributed by atoms with van der Waals surface area (Å²) < 4.78 is 11.2. The lowest BCUT2D eigenvalue weighted by Crippen LogP contribution is -2.47. The minimum atomic E-state index is -0.0698. The number of carbonyl (C=O) groups excluding carboxylic acids is 1. The highest BCUT2D eigenvalue weighted by atomic mass is 16.5. The van der Waals surface area contributed by atoms with Crippen molar-refractivity contribution in [2.75, 3.05) is 32.8 Å². The molecule has 2 rings (SSSR count). The van der Waals surface area contributed by atoms with Gasteiger partial charge in [0.25, 0.3) is 5.91 Å². The first-order chi connectivity index (χ1) is 12.4. The van der Waals surface area contributed by atoms with Gasteiger partial charge in [-0.05, 0) is 57.2 Å². The maximum atomic E-state index is 12.6. The summed E-state index contributed by atoms with van der Waals surface area (Å²) in [4.78, 5) is 15.1. The molecule has 0 spiro atoms. The topological polar surface area (TPSA) is 50.8 Å². The molecule has 3 unspecified atom stereocenters. The van der Waals surface area contributed by atoms with Crippen LogP contribution in [-0.4, -0.2) is 49.7 Å². The lowest BCUT2D eigenvalue weighted by atomic mass is 9.92. The van der Waals surface area contributed by atoms with Crippen LogP contribution in [0.1, 0.15) is 51.4 Å². The lowest BCUT2D eigenvalue weighted by Gasteiger charge is -2.36. The minimum Gasteiger partial charge on any atom is -0.490 e. The first kappa shape index (κ1) is 20.6. The number of carbonyl (C=O) groups is 1. The van der Waals surface area contributed by atoms with Crippen LogP contribution in [0.15, 0.2) is 18.2 Å². The molecule has 1 aliphatic heterocycles. The van der Waals surface area contributed by atoms with Gasteiger partial charge in [-0.1, -0.05) is 13.8 Å². The van der Waals surface area contributed by atoms with Crippen molar-refractivity contribution in [3.8, 4) is 11.5 Å². The number of amides is 1. The second kappa shape index (κ2) is 9.81. The fourth-order valence-corrected chi connectivity index (χ4v) is 3.87. The first-order valence-electron chi connectivity index (χ1n) is 9.85. The van der Waals surface area contributed by atoms with E-state index in [2.05, 4.69) is 31.0 Å². The summed E-state index contributed by atoms with van der Waals surface area (Å²) in [7, 11) is 0. The molecule has 1 aliphatic rings. The third-order valence-corrected chi connectivity index (χ3v) is 4.66. The van der Waals surface area contributed by atoms with E-state index in [0.717, 1.165) is 31.5 Å². The third-order valence-electron chi connectivity index (χ3n) is 4.66. The van der Waals surface area contributed by atoms with Gasteiger partial charge in [0.2, 0.25) is 0 Å². The predicted molar refractivity (Wildman–Crippen MR) is 105 cm³/mol. The van der Waals surface area contributed by atoms with Gasteiger partial charge in [-0.15, -0.1) is 0 Å². The third kappa shape index (κ3) is 5.90. The zero-order valence-corrected chi connectivity index (χ0v) is 16.9. The van der Waals surface area contributed by atoms with Crippen LogP contribution in [0.3, 0.4) is 0 Å². The summed E-state index contributed by atoms with van der Waals surface area (Å²) >= 11 is 0. The van der Waals surface area contributed by atoms with Gasteiger partial charge in [-0.2, -0.15) is 0 Å². The van der Waals surface area contributed by atoms with E-state index in [1.165, 1.54) is 6.42 Å². The summed E-state index contributed by atoms with van der Waals surface area (Å²) in [6, 6.07) is 5.46. The number of benzene rings is 1. The summed E-state index contributed by atoms with van der Waals surface area (Å²) in [6.45, 7) is 14.7. The van der Waals surface area contributed by atoms with Gasteiger partial charge in [0, 0.05) is 31.2 Å². The molecular weight excluding hydrogens is 328 g/mol. The molecule has 0 radical (unpaired) electrons. The SMILES string of the molecule is CCOc1ccc(C(=O)NC(C)CN2CC(C)CC(C)C2)cc1OCC. The summed E-state index contributed by atoms with van der Waals surface area (Å²) in [6.07, 6.45) is 1.30. The van der Waals surface area contributed by atoms with E-state index in [0.29, 0.717) is 30.3 Å². The molecule has 146 valence electrons.